The lowest BCUT2D eigenvalue weighted by Crippen LogP contribution is -2.26. The van der Waals surface area contributed by atoms with Crippen LogP contribution in [0.15, 0.2) is 75.8 Å². The molecule has 0 spiro atoms. The summed E-state index contributed by atoms with van der Waals surface area (Å²) >= 11 is 2.65. The Morgan fingerprint density at radius 2 is 2.03 bits per heavy atom. The zero-order valence-electron chi connectivity index (χ0n) is 17.3. The molecule has 2 aromatic heterocycles. The van der Waals surface area contributed by atoms with Gasteiger partial charge in [-0.15, -0.1) is 11.3 Å². The van der Waals surface area contributed by atoms with Crippen molar-refractivity contribution in [3.63, 3.8) is 0 Å². The van der Waals surface area contributed by atoms with Crippen LogP contribution in [0.5, 0.6) is 0 Å². The van der Waals surface area contributed by atoms with Gasteiger partial charge in [0.05, 0.1) is 22.2 Å². The molecule has 0 unspecified atom stereocenters. The normalized spacial score (nSPS) is 11.8. The van der Waals surface area contributed by atoms with E-state index in [2.05, 4.69) is 15.3 Å². The lowest BCUT2D eigenvalue weighted by molar-refractivity contribution is -0.387. The molecule has 0 aliphatic rings. The average Bonchev–Trinajstić information content (AvgIpc) is 3.46. The molecule has 1 N–H and O–H groups in total. The van der Waals surface area contributed by atoms with E-state index in [0.29, 0.717) is 4.90 Å². The minimum absolute atomic E-state index is 0.118. The number of carbonyl (C=O) groups excluding carboxylic acids is 1. The topological polar surface area (TPSA) is 103 Å². The molecule has 0 radical (unpaired) electrons. The lowest BCUT2D eigenvalue weighted by Gasteiger charge is -2.15. The number of benzene rings is 2. The van der Waals surface area contributed by atoms with Gasteiger partial charge in [0.1, 0.15) is 0 Å². The number of hydrogen-bond donors (Lipinski definition) is 1. The van der Waals surface area contributed by atoms with Crippen LogP contribution in [0.3, 0.4) is 0 Å². The maximum Gasteiger partial charge on any atom is 0.284 e. The maximum atomic E-state index is 12.8. The third-order valence-corrected chi connectivity index (χ3v) is 6.88. The van der Waals surface area contributed by atoms with E-state index < -0.39 is 4.92 Å². The van der Waals surface area contributed by atoms with E-state index in [1.165, 1.54) is 29.2 Å². The fourth-order valence-electron chi connectivity index (χ4n) is 3.07. The maximum absolute atomic E-state index is 12.8. The van der Waals surface area contributed by atoms with Crippen molar-refractivity contribution in [2.45, 2.75) is 29.1 Å². The number of nitrogens with zero attached hydrogens (tertiary/aromatic N) is 4. The third kappa shape index (κ3) is 4.87. The van der Waals surface area contributed by atoms with Gasteiger partial charge in [0.15, 0.2) is 4.34 Å². The van der Waals surface area contributed by atoms with E-state index in [1.54, 1.807) is 24.7 Å². The van der Waals surface area contributed by atoms with E-state index in [9.17, 15) is 14.9 Å². The van der Waals surface area contributed by atoms with Gasteiger partial charge in [-0.25, -0.2) is 9.97 Å². The van der Waals surface area contributed by atoms with Gasteiger partial charge in [-0.05, 0) is 43.7 Å². The zero-order valence-corrected chi connectivity index (χ0v) is 18.9. The number of rotatable bonds is 7. The van der Waals surface area contributed by atoms with Crippen molar-refractivity contribution in [3.8, 4) is 5.69 Å². The van der Waals surface area contributed by atoms with Crippen LogP contribution in [-0.4, -0.2) is 25.4 Å². The van der Waals surface area contributed by atoms with Crippen molar-refractivity contribution >= 4 is 34.7 Å². The molecule has 162 valence electrons. The number of aromatic nitrogens is 3. The van der Waals surface area contributed by atoms with Gasteiger partial charge in [0, 0.05) is 40.8 Å². The minimum atomic E-state index is -0.474. The van der Waals surface area contributed by atoms with Crippen molar-refractivity contribution in [1.29, 1.82) is 0 Å². The molecule has 4 aromatic rings. The van der Waals surface area contributed by atoms with Crippen LogP contribution >= 0.6 is 23.1 Å². The third-order valence-electron chi connectivity index (χ3n) is 4.76. The van der Waals surface area contributed by atoms with E-state index in [1.807, 2.05) is 54.3 Å². The predicted molar refractivity (Wildman–Crippen MR) is 124 cm³/mol. The number of nitrogens with one attached hydrogen (secondary N) is 1. The molecule has 2 heterocycles. The molecule has 8 nitrogen and oxygen atoms in total. The number of nitro benzene ring substituents is 1. The van der Waals surface area contributed by atoms with Gasteiger partial charge in [-0.3, -0.25) is 14.9 Å². The summed E-state index contributed by atoms with van der Waals surface area (Å²) in [6.07, 6.45) is 5.27. The largest absolute Gasteiger partial charge is 0.346 e. The summed E-state index contributed by atoms with van der Waals surface area (Å²) in [6.45, 7) is 3.74. The molecule has 10 heteroatoms. The first-order valence-electron chi connectivity index (χ1n) is 9.68. The highest BCUT2D eigenvalue weighted by molar-refractivity contribution is 8.01. The number of aryl methyl sites for hydroxylation is 1. The monoisotopic (exact) mass is 465 g/mol. The van der Waals surface area contributed by atoms with Crippen LogP contribution in [0.4, 0.5) is 5.69 Å². The summed E-state index contributed by atoms with van der Waals surface area (Å²) in [7, 11) is 0. The van der Waals surface area contributed by atoms with Crippen LogP contribution in [-0.2, 0) is 0 Å². The summed E-state index contributed by atoms with van der Waals surface area (Å²) in [5.41, 5.74) is 2.86. The molecule has 0 aliphatic carbocycles. The lowest BCUT2D eigenvalue weighted by atomic mass is 10.1. The Bertz CT molecular complexity index is 1250. The number of nitro groups is 1. The molecule has 32 heavy (non-hydrogen) atoms. The van der Waals surface area contributed by atoms with Crippen molar-refractivity contribution in [3.05, 3.63) is 93.5 Å². The molecule has 0 saturated carbocycles. The molecule has 0 aliphatic heterocycles. The van der Waals surface area contributed by atoms with Crippen LogP contribution in [0.25, 0.3) is 5.69 Å². The second-order valence-electron chi connectivity index (χ2n) is 7.05. The Morgan fingerprint density at radius 3 is 2.66 bits per heavy atom. The summed E-state index contributed by atoms with van der Waals surface area (Å²) < 4.78 is 2.61. The van der Waals surface area contributed by atoms with Crippen molar-refractivity contribution < 1.29 is 9.72 Å². The second kappa shape index (κ2) is 9.33. The molecule has 1 amide bonds. The summed E-state index contributed by atoms with van der Waals surface area (Å²) in [5, 5.41) is 16.4. The molecule has 0 fully saturated rings. The fourth-order valence-corrected chi connectivity index (χ4v) is 4.95. The molecule has 2 aromatic carbocycles. The van der Waals surface area contributed by atoms with Gasteiger partial charge < -0.3 is 9.88 Å². The molecular weight excluding hydrogens is 446 g/mol. The Balaban J connectivity index is 1.48. The van der Waals surface area contributed by atoms with Crippen LogP contribution in [0, 0.1) is 17.0 Å². The number of thiazole rings is 1. The number of carbonyl (C=O) groups is 1. The Kier molecular flexibility index (Phi) is 6.33. The number of hydrogen-bond acceptors (Lipinski definition) is 7. The number of imidazole rings is 1. The van der Waals surface area contributed by atoms with E-state index in [-0.39, 0.29) is 23.2 Å². The fraction of sp³-hybridized carbons (Fsp3) is 0.136. The summed E-state index contributed by atoms with van der Waals surface area (Å²) in [5.74, 6) is -0.374. The Morgan fingerprint density at radius 1 is 1.25 bits per heavy atom. The van der Waals surface area contributed by atoms with E-state index in [0.717, 1.165) is 21.3 Å². The van der Waals surface area contributed by atoms with Crippen LogP contribution in [0.1, 0.15) is 34.6 Å². The van der Waals surface area contributed by atoms with Gasteiger partial charge >= 0.3 is 0 Å². The van der Waals surface area contributed by atoms with Gasteiger partial charge in [-0.1, -0.05) is 23.9 Å². The summed E-state index contributed by atoms with van der Waals surface area (Å²) in [6, 6.07) is 12.0. The standard InChI is InChI=1S/C22H19N5O3S2/c1-14-12-31-22(24-14)32-20-8-5-17(11-19(20)27(29)30)21(28)25-15(2)16-3-6-18(7-4-16)26-10-9-23-13-26/h3-13,15H,1-2H3,(H,25,28)/t15-/m0/s1. The molecule has 0 bridgehead atoms. The molecule has 0 saturated heterocycles. The second-order valence-corrected chi connectivity index (χ2v) is 9.20. The smallest absolute Gasteiger partial charge is 0.284 e. The highest BCUT2D eigenvalue weighted by Gasteiger charge is 2.20. The number of amides is 1. The van der Waals surface area contributed by atoms with Crippen LogP contribution in [0.2, 0.25) is 0 Å². The quantitative estimate of drug-likeness (QED) is 0.298. The first-order chi connectivity index (χ1) is 15.4. The average molecular weight is 466 g/mol. The Hall–Kier alpha value is -3.50. The van der Waals surface area contributed by atoms with Gasteiger partial charge in [0.25, 0.3) is 11.6 Å². The van der Waals surface area contributed by atoms with Gasteiger partial charge in [0.2, 0.25) is 0 Å². The van der Waals surface area contributed by atoms with Crippen molar-refractivity contribution in [1.82, 2.24) is 19.9 Å². The summed E-state index contributed by atoms with van der Waals surface area (Å²) in [4.78, 5) is 32.7. The highest BCUT2D eigenvalue weighted by Crippen LogP contribution is 2.36. The van der Waals surface area contributed by atoms with E-state index >= 15 is 0 Å². The van der Waals surface area contributed by atoms with Crippen LogP contribution < -0.4 is 5.32 Å². The van der Waals surface area contributed by atoms with Crippen molar-refractivity contribution in [2.24, 2.45) is 0 Å². The highest BCUT2D eigenvalue weighted by atomic mass is 32.2. The minimum Gasteiger partial charge on any atom is -0.346 e. The zero-order chi connectivity index (χ0) is 22.7. The Labute approximate surface area is 192 Å². The SMILES string of the molecule is Cc1csc(Sc2ccc(C(=O)N[C@@H](C)c3ccc(-n4ccnc4)cc3)cc2[N+](=O)[O-])n1. The van der Waals surface area contributed by atoms with Gasteiger partial charge in [-0.2, -0.15) is 0 Å². The first-order valence-corrected chi connectivity index (χ1v) is 11.4. The van der Waals surface area contributed by atoms with Crippen molar-refractivity contribution in [2.75, 3.05) is 0 Å². The molecule has 4 rings (SSSR count). The molecule has 1 atom stereocenters. The van der Waals surface area contributed by atoms with E-state index in [4.69, 9.17) is 0 Å². The predicted octanol–water partition coefficient (Wildman–Crippen LogP) is 5.19. The molecular formula is C22H19N5O3S2. The first kappa shape index (κ1) is 21.7.